The van der Waals surface area contributed by atoms with Gasteiger partial charge in [0.1, 0.15) is 11.6 Å². The van der Waals surface area contributed by atoms with Crippen molar-refractivity contribution in [1.29, 1.82) is 0 Å². The molecule has 3 aromatic rings. The van der Waals surface area contributed by atoms with E-state index in [0.29, 0.717) is 11.5 Å². The molecule has 0 unspecified atom stereocenters. The number of hydrazine groups is 1. The van der Waals surface area contributed by atoms with Crippen LogP contribution in [0.1, 0.15) is 29.0 Å². The van der Waals surface area contributed by atoms with Crippen LogP contribution in [0.3, 0.4) is 0 Å². The molecule has 0 fully saturated rings. The first-order valence-electron chi connectivity index (χ1n) is 9.68. The van der Waals surface area contributed by atoms with Gasteiger partial charge in [0.05, 0.1) is 26.0 Å². The molecule has 2 heterocycles. The molecule has 0 radical (unpaired) electrons. The number of ether oxygens (including phenoxy) is 3. The smallest absolute Gasteiger partial charge is 0.196 e. The topological polar surface area (TPSA) is 43.0 Å². The minimum atomic E-state index is -0.477. The van der Waals surface area contributed by atoms with E-state index in [0.717, 1.165) is 28.1 Å². The molecule has 5 rings (SSSR count). The predicted molar refractivity (Wildman–Crippen MR) is 111 cm³/mol. The van der Waals surface area contributed by atoms with Gasteiger partial charge < -0.3 is 19.6 Å². The van der Waals surface area contributed by atoms with Crippen molar-refractivity contribution < 1.29 is 18.6 Å². The van der Waals surface area contributed by atoms with Crippen LogP contribution in [0.4, 0.5) is 4.39 Å². The second kappa shape index (κ2) is 7.39. The van der Waals surface area contributed by atoms with Crippen LogP contribution >= 0.6 is 0 Å². The van der Waals surface area contributed by atoms with Crippen LogP contribution < -0.4 is 19.6 Å². The van der Waals surface area contributed by atoms with Crippen molar-refractivity contribution in [3.63, 3.8) is 0 Å². The Hall–Kier alpha value is -3.51. The summed E-state index contributed by atoms with van der Waals surface area (Å²) in [6.45, 7) is 0. The Kier molecular flexibility index (Phi) is 4.56. The molecule has 6 heteroatoms. The lowest BCUT2D eigenvalue weighted by Crippen LogP contribution is -2.43. The van der Waals surface area contributed by atoms with Crippen molar-refractivity contribution >= 4 is 5.70 Å². The normalized spacial score (nSPS) is 19.8. The van der Waals surface area contributed by atoms with Crippen molar-refractivity contribution in [2.24, 2.45) is 0 Å². The van der Waals surface area contributed by atoms with E-state index in [1.165, 1.54) is 12.1 Å². The fraction of sp³-hybridized carbons (Fsp3) is 0.167. The van der Waals surface area contributed by atoms with E-state index in [1.807, 2.05) is 53.5 Å². The number of benzene rings is 3. The Balaban J connectivity index is 1.57. The summed E-state index contributed by atoms with van der Waals surface area (Å²) < 4.78 is 31.0. The molecule has 0 spiro atoms. The highest BCUT2D eigenvalue weighted by Gasteiger charge is 2.40. The first-order chi connectivity index (χ1) is 14.7. The van der Waals surface area contributed by atoms with Gasteiger partial charge in [-0.15, -0.1) is 0 Å². The molecule has 0 bridgehead atoms. The van der Waals surface area contributed by atoms with Gasteiger partial charge in [-0.1, -0.05) is 30.3 Å². The standard InChI is InChI=1S/C24H21FN2O3/c1-28-22-11-10-15(13-23(22)29-2)19-14-20-18-8-3-4-9-21(18)30-24(27(20)26-19)16-6-5-7-17(25)12-16/h3-14,20,24,26H,1-2H3/t20-,24+/m1/s1. The number of rotatable bonds is 4. The highest BCUT2D eigenvalue weighted by Crippen LogP contribution is 2.46. The van der Waals surface area contributed by atoms with Crippen LogP contribution in [-0.4, -0.2) is 19.2 Å². The summed E-state index contributed by atoms with van der Waals surface area (Å²) in [5.41, 5.74) is 7.12. The van der Waals surface area contributed by atoms with Gasteiger partial charge in [-0.05, 0) is 42.5 Å². The molecule has 3 aromatic carbocycles. The summed E-state index contributed by atoms with van der Waals surface area (Å²) in [7, 11) is 3.23. The van der Waals surface area contributed by atoms with E-state index in [1.54, 1.807) is 20.3 Å². The number of para-hydroxylation sites is 1. The Labute approximate surface area is 174 Å². The van der Waals surface area contributed by atoms with Crippen molar-refractivity contribution in [3.05, 3.63) is 95.3 Å². The minimum Gasteiger partial charge on any atom is -0.493 e. The van der Waals surface area contributed by atoms with Crippen molar-refractivity contribution in [2.75, 3.05) is 14.2 Å². The Morgan fingerprint density at radius 2 is 1.77 bits per heavy atom. The zero-order chi connectivity index (χ0) is 20.7. The SMILES string of the molecule is COc1ccc(C2=C[C@@H]3c4ccccc4O[C@@H](c4cccc(F)c4)N3N2)cc1OC. The number of fused-ring (bicyclic) bond motifs is 3. The molecule has 1 N–H and O–H groups in total. The molecule has 2 aliphatic heterocycles. The van der Waals surface area contributed by atoms with Gasteiger partial charge in [-0.3, -0.25) is 0 Å². The van der Waals surface area contributed by atoms with E-state index in [9.17, 15) is 4.39 Å². The molecule has 152 valence electrons. The lowest BCUT2D eigenvalue weighted by Gasteiger charge is -2.38. The zero-order valence-corrected chi connectivity index (χ0v) is 16.6. The van der Waals surface area contributed by atoms with Gasteiger partial charge in [0.25, 0.3) is 0 Å². The molecule has 0 aliphatic carbocycles. The second-order valence-electron chi connectivity index (χ2n) is 7.18. The summed E-state index contributed by atoms with van der Waals surface area (Å²) in [6.07, 6.45) is 1.67. The maximum absolute atomic E-state index is 13.9. The number of halogens is 1. The van der Waals surface area contributed by atoms with E-state index < -0.39 is 6.23 Å². The highest BCUT2D eigenvalue weighted by molar-refractivity contribution is 5.69. The van der Waals surface area contributed by atoms with E-state index >= 15 is 0 Å². The molecule has 2 aliphatic rings. The number of methoxy groups -OCH3 is 2. The number of nitrogens with zero attached hydrogens (tertiary/aromatic N) is 1. The molecular formula is C24H21FN2O3. The average molecular weight is 404 g/mol. The third-order valence-corrected chi connectivity index (χ3v) is 5.43. The van der Waals surface area contributed by atoms with Gasteiger partial charge in [-0.2, -0.15) is 5.01 Å². The second-order valence-corrected chi connectivity index (χ2v) is 7.18. The third kappa shape index (κ3) is 3.06. The summed E-state index contributed by atoms with van der Waals surface area (Å²) >= 11 is 0. The van der Waals surface area contributed by atoms with Crippen molar-refractivity contribution in [1.82, 2.24) is 10.4 Å². The maximum Gasteiger partial charge on any atom is 0.196 e. The maximum atomic E-state index is 13.9. The first-order valence-corrected chi connectivity index (χ1v) is 9.68. The number of nitrogens with one attached hydrogen (secondary N) is 1. The number of hydrogen-bond donors (Lipinski definition) is 1. The van der Waals surface area contributed by atoms with Crippen molar-refractivity contribution in [3.8, 4) is 17.2 Å². The van der Waals surface area contributed by atoms with E-state index in [4.69, 9.17) is 14.2 Å². The fourth-order valence-corrected chi connectivity index (χ4v) is 3.99. The summed E-state index contributed by atoms with van der Waals surface area (Å²) in [5.74, 6) is 1.82. The molecule has 2 atom stereocenters. The minimum absolute atomic E-state index is 0.0636. The highest BCUT2D eigenvalue weighted by atomic mass is 19.1. The Morgan fingerprint density at radius 3 is 2.57 bits per heavy atom. The molecule has 0 saturated heterocycles. The van der Waals surface area contributed by atoms with Gasteiger partial charge >= 0.3 is 0 Å². The van der Waals surface area contributed by atoms with Gasteiger partial charge in [0.2, 0.25) is 0 Å². The third-order valence-electron chi connectivity index (χ3n) is 5.43. The summed E-state index contributed by atoms with van der Waals surface area (Å²) in [6, 6.07) is 20.2. The van der Waals surface area contributed by atoms with Crippen LogP contribution in [0.5, 0.6) is 17.2 Å². The fourth-order valence-electron chi connectivity index (χ4n) is 3.99. The lowest BCUT2D eigenvalue weighted by molar-refractivity contribution is -0.0328. The van der Waals surface area contributed by atoms with Crippen LogP contribution in [0, 0.1) is 5.82 Å². The summed E-state index contributed by atoms with van der Waals surface area (Å²) in [4.78, 5) is 0. The molecule has 0 saturated carbocycles. The average Bonchev–Trinajstić information content (AvgIpc) is 3.24. The molecule has 5 nitrogen and oxygen atoms in total. The van der Waals surface area contributed by atoms with Gasteiger partial charge in [-0.25, -0.2) is 4.39 Å². The largest absolute Gasteiger partial charge is 0.493 e. The molecular weight excluding hydrogens is 383 g/mol. The molecule has 0 aromatic heterocycles. The predicted octanol–water partition coefficient (Wildman–Crippen LogP) is 4.84. The van der Waals surface area contributed by atoms with Crippen LogP contribution in [0.15, 0.2) is 72.8 Å². The van der Waals surface area contributed by atoms with Crippen molar-refractivity contribution in [2.45, 2.75) is 12.3 Å². The lowest BCUT2D eigenvalue weighted by atomic mass is 10.0. The van der Waals surface area contributed by atoms with Crippen LogP contribution in [-0.2, 0) is 0 Å². The molecule has 0 amide bonds. The Bertz CT molecular complexity index is 1130. The van der Waals surface area contributed by atoms with E-state index in [-0.39, 0.29) is 11.9 Å². The van der Waals surface area contributed by atoms with Crippen LogP contribution in [0.25, 0.3) is 5.70 Å². The van der Waals surface area contributed by atoms with Gasteiger partial charge in [0.15, 0.2) is 17.7 Å². The van der Waals surface area contributed by atoms with Gasteiger partial charge in [0, 0.05) is 16.7 Å². The zero-order valence-electron chi connectivity index (χ0n) is 16.6. The summed E-state index contributed by atoms with van der Waals surface area (Å²) in [5, 5.41) is 2.00. The Morgan fingerprint density at radius 1 is 0.933 bits per heavy atom. The molecule has 30 heavy (non-hydrogen) atoms. The number of hydrogen-bond acceptors (Lipinski definition) is 5. The van der Waals surface area contributed by atoms with Crippen LogP contribution in [0.2, 0.25) is 0 Å². The first kappa shape index (κ1) is 18.5. The quantitative estimate of drug-likeness (QED) is 0.674. The van der Waals surface area contributed by atoms with E-state index in [2.05, 4.69) is 11.5 Å². The monoisotopic (exact) mass is 404 g/mol.